The van der Waals surface area contributed by atoms with Crippen LogP contribution in [0.3, 0.4) is 0 Å². The van der Waals surface area contributed by atoms with Gasteiger partial charge in [-0.1, -0.05) is 12.1 Å². The summed E-state index contributed by atoms with van der Waals surface area (Å²) in [6, 6.07) is 12.2. The van der Waals surface area contributed by atoms with Gasteiger partial charge in [-0.2, -0.15) is 0 Å². The minimum absolute atomic E-state index is 0.0150. The number of hydrogen-bond donors (Lipinski definition) is 1. The molecule has 0 atom stereocenters. The molecule has 0 heterocycles. The van der Waals surface area contributed by atoms with Crippen molar-refractivity contribution in [1.82, 2.24) is 0 Å². The third-order valence-corrected chi connectivity index (χ3v) is 7.07. The zero-order valence-electron chi connectivity index (χ0n) is 15.8. The number of nitro benzene ring substituents is 1. The van der Waals surface area contributed by atoms with Crippen molar-refractivity contribution in [3.8, 4) is 5.75 Å². The van der Waals surface area contributed by atoms with Crippen molar-refractivity contribution in [3.05, 3.63) is 63.7 Å². The lowest BCUT2D eigenvalue weighted by atomic mass is 9.48. The van der Waals surface area contributed by atoms with E-state index in [-0.39, 0.29) is 16.9 Å². The highest BCUT2D eigenvalue weighted by atomic mass is 16.6. The Labute approximate surface area is 164 Å². The summed E-state index contributed by atoms with van der Waals surface area (Å²) in [4.78, 5) is 14.9. The molecule has 2 aromatic rings. The maximum Gasteiger partial charge on any atom is 0.271 e. The van der Waals surface area contributed by atoms with Crippen molar-refractivity contribution in [2.24, 2.45) is 22.7 Å². The summed E-state index contributed by atoms with van der Waals surface area (Å²) in [5.74, 6) is 2.79. The van der Waals surface area contributed by atoms with Crippen LogP contribution in [0.1, 0.15) is 49.7 Å². The molecule has 4 bridgehead atoms. The number of non-ortho nitro benzene ring substituents is 1. The molecule has 0 saturated heterocycles. The molecule has 5 heteroatoms. The van der Waals surface area contributed by atoms with Crippen LogP contribution in [0.5, 0.6) is 5.75 Å². The first-order chi connectivity index (χ1) is 13.5. The molecule has 0 radical (unpaired) electrons. The second-order valence-electron chi connectivity index (χ2n) is 9.01. The van der Waals surface area contributed by atoms with E-state index >= 15 is 0 Å². The van der Waals surface area contributed by atoms with E-state index in [0.717, 1.165) is 17.8 Å². The van der Waals surface area contributed by atoms with Gasteiger partial charge in [0.05, 0.1) is 10.6 Å². The Bertz CT molecular complexity index is 931. The van der Waals surface area contributed by atoms with Gasteiger partial charge in [-0.15, -0.1) is 0 Å². The van der Waals surface area contributed by atoms with Gasteiger partial charge < -0.3 is 5.11 Å². The average molecular weight is 376 g/mol. The van der Waals surface area contributed by atoms with Crippen molar-refractivity contribution in [1.29, 1.82) is 0 Å². The van der Waals surface area contributed by atoms with Crippen LogP contribution >= 0.6 is 0 Å². The fourth-order valence-corrected chi connectivity index (χ4v) is 6.28. The molecule has 0 spiro atoms. The Kier molecular flexibility index (Phi) is 4.00. The van der Waals surface area contributed by atoms with Crippen LogP contribution in [0.25, 0.3) is 0 Å². The van der Waals surface area contributed by atoms with Crippen LogP contribution in [0.2, 0.25) is 0 Å². The first-order valence-electron chi connectivity index (χ1n) is 10.1. The molecule has 6 rings (SSSR count). The van der Waals surface area contributed by atoms with Crippen LogP contribution in [0, 0.1) is 27.9 Å². The fourth-order valence-electron chi connectivity index (χ4n) is 6.28. The van der Waals surface area contributed by atoms with E-state index in [0.29, 0.717) is 11.3 Å². The topological polar surface area (TPSA) is 75.7 Å². The van der Waals surface area contributed by atoms with Crippen molar-refractivity contribution >= 4 is 17.6 Å². The smallest absolute Gasteiger partial charge is 0.271 e. The molecule has 0 unspecified atom stereocenters. The molecule has 0 amide bonds. The molecule has 0 aromatic heterocycles. The lowest BCUT2D eigenvalue weighted by Crippen LogP contribution is -2.48. The summed E-state index contributed by atoms with van der Waals surface area (Å²) in [7, 11) is 0. The largest absolute Gasteiger partial charge is 0.507 e. The molecular formula is C23H24N2O3. The average Bonchev–Trinajstić information content (AvgIpc) is 2.66. The summed E-state index contributed by atoms with van der Waals surface area (Å²) < 4.78 is 0. The normalized spacial score (nSPS) is 30.8. The van der Waals surface area contributed by atoms with Crippen LogP contribution in [-0.4, -0.2) is 16.2 Å². The standard InChI is InChI=1S/C23H24N2O3/c26-22-5-4-19(23-11-15-6-16(12-23)8-17(7-15)13-23)9-18(22)14-24-20-2-1-3-21(10-20)25(27)28/h1-5,9-10,14-17,26H,6-8,11-13H2. The molecule has 5 nitrogen and oxygen atoms in total. The summed E-state index contributed by atoms with van der Waals surface area (Å²) in [5, 5.41) is 21.3. The van der Waals surface area contributed by atoms with Gasteiger partial charge in [0.25, 0.3) is 5.69 Å². The number of aromatic hydroxyl groups is 1. The molecule has 1 N–H and O–H groups in total. The maximum atomic E-state index is 10.9. The Hall–Kier alpha value is -2.69. The van der Waals surface area contributed by atoms with Crippen molar-refractivity contribution in [2.75, 3.05) is 0 Å². The monoisotopic (exact) mass is 376 g/mol. The third-order valence-electron chi connectivity index (χ3n) is 7.07. The molecule has 4 aliphatic rings. The van der Waals surface area contributed by atoms with Gasteiger partial charge in [-0.3, -0.25) is 15.1 Å². The fraction of sp³-hybridized carbons (Fsp3) is 0.435. The van der Waals surface area contributed by atoms with Crippen LogP contribution in [0.4, 0.5) is 11.4 Å². The van der Waals surface area contributed by atoms with Crippen molar-refractivity contribution in [2.45, 2.75) is 43.9 Å². The Morgan fingerprint density at radius 2 is 1.71 bits per heavy atom. The zero-order chi connectivity index (χ0) is 19.3. The Balaban J connectivity index is 1.45. The van der Waals surface area contributed by atoms with E-state index < -0.39 is 4.92 Å². The maximum absolute atomic E-state index is 10.9. The number of nitrogens with zero attached hydrogens (tertiary/aromatic N) is 2. The highest BCUT2D eigenvalue weighted by molar-refractivity contribution is 5.85. The quantitative estimate of drug-likeness (QED) is 0.434. The van der Waals surface area contributed by atoms with Gasteiger partial charge in [0.15, 0.2) is 0 Å². The highest BCUT2D eigenvalue weighted by Gasteiger charge is 2.51. The number of rotatable bonds is 4. The molecule has 4 aliphatic carbocycles. The minimum Gasteiger partial charge on any atom is -0.507 e. The molecule has 0 aliphatic heterocycles. The zero-order valence-corrected chi connectivity index (χ0v) is 15.8. The predicted molar refractivity (Wildman–Crippen MR) is 108 cm³/mol. The highest BCUT2D eigenvalue weighted by Crippen LogP contribution is 2.60. The second kappa shape index (κ2) is 6.43. The number of nitro groups is 1. The first-order valence-corrected chi connectivity index (χ1v) is 10.1. The van der Waals surface area contributed by atoms with E-state index in [1.54, 1.807) is 24.4 Å². The number of phenols is 1. The lowest BCUT2D eigenvalue weighted by Gasteiger charge is -2.57. The van der Waals surface area contributed by atoms with Crippen LogP contribution < -0.4 is 0 Å². The number of benzene rings is 2. The molecule has 4 fully saturated rings. The minimum atomic E-state index is -0.426. The van der Waals surface area contributed by atoms with Crippen molar-refractivity contribution in [3.63, 3.8) is 0 Å². The Morgan fingerprint density at radius 3 is 2.36 bits per heavy atom. The van der Waals surface area contributed by atoms with Gasteiger partial charge >= 0.3 is 0 Å². The SMILES string of the molecule is O=[N+]([O-])c1cccc(N=Cc2cc(C34CC5CC(CC(C5)C3)C4)ccc2O)c1. The molecule has 28 heavy (non-hydrogen) atoms. The second-order valence-corrected chi connectivity index (χ2v) is 9.01. The van der Waals surface area contributed by atoms with E-state index in [1.807, 2.05) is 0 Å². The summed E-state index contributed by atoms with van der Waals surface area (Å²) in [6.07, 6.45) is 9.63. The van der Waals surface area contributed by atoms with Gasteiger partial charge in [0.1, 0.15) is 5.75 Å². The molecule has 144 valence electrons. The first kappa shape index (κ1) is 17.4. The predicted octanol–water partition coefficient (Wildman–Crippen LogP) is 5.52. The number of hydrogen-bond acceptors (Lipinski definition) is 4. The van der Waals surface area contributed by atoms with Crippen molar-refractivity contribution < 1.29 is 10.0 Å². The van der Waals surface area contributed by atoms with E-state index in [9.17, 15) is 15.2 Å². The van der Waals surface area contributed by atoms with E-state index in [2.05, 4.69) is 17.1 Å². The van der Waals surface area contributed by atoms with Gasteiger partial charge in [0.2, 0.25) is 0 Å². The summed E-state index contributed by atoms with van der Waals surface area (Å²) in [6.45, 7) is 0. The summed E-state index contributed by atoms with van der Waals surface area (Å²) in [5.41, 5.74) is 2.79. The van der Waals surface area contributed by atoms with Crippen LogP contribution in [0.15, 0.2) is 47.5 Å². The summed E-state index contributed by atoms with van der Waals surface area (Å²) >= 11 is 0. The molecule has 2 aromatic carbocycles. The van der Waals surface area contributed by atoms with E-state index in [4.69, 9.17) is 0 Å². The third kappa shape index (κ3) is 2.99. The Morgan fingerprint density at radius 1 is 1.04 bits per heavy atom. The number of aliphatic imine (C=N–C) groups is 1. The van der Waals surface area contributed by atoms with Crippen LogP contribution in [-0.2, 0) is 5.41 Å². The van der Waals surface area contributed by atoms with Gasteiger partial charge in [0, 0.05) is 23.9 Å². The molecular weight excluding hydrogens is 352 g/mol. The lowest BCUT2D eigenvalue weighted by molar-refractivity contribution is -0.384. The van der Waals surface area contributed by atoms with Gasteiger partial charge in [-0.25, -0.2) is 0 Å². The number of phenolic OH excluding ortho intramolecular Hbond substituents is 1. The van der Waals surface area contributed by atoms with E-state index in [1.165, 1.54) is 56.2 Å². The molecule has 4 saturated carbocycles. The van der Waals surface area contributed by atoms with Gasteiger partial charge in [-0.05, 0) is 85.5 Å².